The summed E-state index contributed by atoms with van der Waals surface area (Å²) in [5.41, 5.74) is 2.16. The van der Waals surface area contributed by atoms with Gasteiger partial charge in [0.25, 0.3) is 0 Å². The molecule has 0 bridgehead atoms. The van der Waals surface area contributed by atoms with E-state index in [1.165, 1.54) is 39.0 Å². The quantitative estimate of drug-likeness (QED) is 0.116. The van der Waals surface area contributed by atoms with Gasteiger partial charge in [-0.1, -0.05) is 81.5 Å². The van der Waals surface area contributed by atoms with Crippen molar-refractivity contribution >= 4 is 44.8 Å². The fourth-order valence-corrected chi connectivity index (χ4v) is 4.18. The van der Waals surface area contributed by atoms with E-state index in [0.717, 1.165) is 45.1 Å². The fraction of sp³-hybridized carbons (Fsp3) is 0.321. The lowest BCUT2D eigenvalue weighted by molar-refractivity contribution is -0.131. The molecule has 0 unspecified atom stereocenters. The summed E-state index contributed by atoms with van der Waals surface area (Å²) in [7, 11) is 0. The summed E-state index contributed by atoms with van der Waals surface area (Å²) in [6.45, 7) is 4.40. The van der Waals surface area contributed by atoms with Crippen LogP contribution in [0.2, 0.25) is 0 Å². The second-order valence-corrected chi connectivity index (χ2v) is 8.76. The molecule has 0 saturated heterocycles. The van der Waals surface area contributed by atoms with Crippen molar-refractivity contribution in [3.8, 4) is 11.5 Å². The number of hydrogen-bond donors (Lipinski definition) is 0. The van der Waals surface area contributed by atoms with Crippen LogP contribution in [0.25, 0.3) is 22.9 Å². The van der Waals surface area contributed by atoms with Crippen molar-refractivity contribution in [2.75, 3.05) is 6.61 Å². The van der Waals surface area contributed by atoms with Gasteiger partial charge >= 0.3 is 5.97 Å². The number of benzene rings is 3. The Morgan fingerprint density at radius 3 is 2.31 bits per heavy atom. The van der Waals surface area contributed by atoms with Gasteiger partial charge < -0.3 is 9.47 Å². The zero-order valence-electron chi connectivity index (χ0n) is 18.9. The molecule has 0 aliphatic heterocycles. The van der Waals surface area contributed by atoms with Crippen molar-refractivity contribution in [3.05, 3.63) is 70.2 Å². The van der Waals surface area contributed by atoms with Gasteiger partial charge in [-0.05, 0) is 68.5 Å². The van der Waals surface area contributed by atoms with E-state index in [4.69, 9.17) is 9.47 Å². The molecule has 32 heavy (non-hydrogen) atoms. The lowest BCUT2D eigenvalue weighted by Crippen LogP contribution is -2.00. The van der Waals surface area contributed by atoms with Crippen LogP contribution in [0.3, 0.4) is 0 Å². The Labute approximate surface area is 199 Å². The zero-order chi connectivity index (χ0) is 22.8. The third-order valence-corrected chi connectivity index (χ3v) is 6.13. The van der Waals surface area contributed by atoms with Crippen LogP contribution in [0.4, 0.5) is 0 Å². The molecule has 0 spiro atoms. The topological polar surface area (TPSA) is 35.5 Å². The third-order valence-electron chi connectivity index (χ3n) is 5.31. The van der Waals surface area contributed by atoms with Crippen LogP contribution < -0.4 is 9.47 Å². The van der Waals surface area contributed by atoms with E-state index in [9.17, 15) is 4.79 Å². The number of hydrogen-bond acceptors (Lipinski definition) is 3. The molecule has 0 N–H and O–H groups in total. The van der Waals surface area contributed by atoms with Crippen molar-refractivity contribution in [2.45, 2.75) is 52.4 Å². The number of carbonyl (C=O) groups excluding carboxylic acids is 1. The van der Waals surface area contributed by atoms with Crippen molar-refractivity contribution in [2.24, 2.45) is 0 Å². The van der Waals surface area contributed by atoms with Crippen LogP contribution in [0, 0.1) is 0 Å². The van der Waals surface area contributed by atoms with Gasteiger partial charge in [-0.3, -0.25) is 4.79 Å². The van der Waals surface area contributed by atoms with E-state index in [1.807, 2.05) is 24.3 Å². The minimum Gasteiger partial charge on any atom is -0.492 e. The van der Waals surface area contributed by atoms with E-state index >= 15 is 0 Å². The lowest BCUT2D eigenvalue weighted by atomic mass is 10.1. The molecular formula is C28H31BrO3. The first-order valence-electron chi connectivity index (χ1n) is 11.4. The van der Waals surface area contributed by atoms with Crippen LogP contribution in [0.5, 0.6) is 11.5 Å². The standard InChI is InChI=1S/C28H31BrO3/c1-3-4-5-6-7-8-19-31-27-18-14-24-20-23(13-17-26(24)28(27)29)10-9-22-11-15-25(16-12-22)32-21(2)30/h9-18,20H,3-8,19H2,1-2H3/b10-9+. The highest BCUT2D eigenvalue weighted by atomic mass is 79.9. The molecule has 168 valence electrons. The SMILES string of the molecule is CCCCCCCCOc1ccc2cc(/C=C/c3ccc(OC(C)=O)cc3)ccc2c1Br. The number of unbranched alkanes of at least 4 members (excludes halogenated alkanes) is 5. The summed E-state index contributed by atoms with van der Waals surface area (Å²) in [5, 5.41) is 2.31. The number of ether oxygens (including phenoxy) is 2. The summed E-state index contributed by atoms with van der Waals surface area (Å²) in [6, 6.07) is 18.0. The number of fused-ring (bicyclic) bond motifs is 1. The highest BCUT2D eigenvalue weighted by Crippen LogP contribution is 2.34. The van der Waals surface area contributed by atoms with Gasteiger partial charge in [-0.25, -0.2) is 0 Å². The Kier molecular flexibility index (Phi) is 9.36. The van der Waals surface area contributed by atoms with Gasteiger partial charge in [-0.15, -0.1) is 0 Å². The molecule has 3 aromatic rings. The Hall–Kier alpha value is -2.59. The average molecular weight is 495 g/mol. The number of esters is 1. The summed E-state index contributed by atoms with van der Waals surface area (Å²) in [6.07, 6.45) is 11.7. The van der Waals surface area contributed by atoms with Gasteiger partial charge in [0.15, 0.2) is 0 Å². The molecule has 0 radical (unpaired) electrons. The largest absolute Gasteiger partial charge is 0.492 e. The predicted octanol–water partition coefficient (Wildman–Crippen LogP) is 8.44. The predicted molar refractivity (Wildman–Crippen MR) is 137 cm³/mol. The van der Waals surface area contributed by atoms with Crippen LogP contribution >= 0.6 is 15.9 Å². The zero-order valence-corrected chi connectivity index (χ0v) is 20.5. The van der Waals surface area contributed by atoms with Crippen molar-refractivity contribution in [1.29, 1.82) is 0 Å². The maximum atomic E-state index is 11.0. The molecule has 3 aromatic carbocycles. The van der Waals surface area contributed by atoms with Gasteiger partial charge in [0, 0.05) is 6.92 Å². The molecule has 0 aromatic heterocycles. The molecule has 0 amide bonds. The van der Waals surface area contributed by atoms with Gasteiger partial charge in [0.1, 0.15) is 11.5 Å². The Balaban J connectivity index is 1.60. The van der Waals surface area contributed by atoms with Crippen molar-refractivity contribution in [3.63, 3.8) is 0 Å². The van der Waals surface area contributed by atoms with Gasteiger partial charge in [0.05, 0.1) is 11.1 Å². The normalized spacial score (nSPS) is 11.2. The first-order chi connectivity index (χ1) is 15.6. The fourth-order valence-electron chi connectivity index (χ4n) is 3.58. The van der Waals surface area contributed by atoms with Crippen molar-refractivity contribution in [1.82, 2.24) is 0 Å². The second kappa shape index (κ2) is 12.4. The maximum absolute atomic E-state index is 11.0. The molecule has 0 fully saturated rings. The minimum absolute atomic E-state index is 0.313. The number of rotatable bonds is 11. The highest BCUT2D eigenvalue weighted by Gasteiger charge is 2.07. The van der Waals surface area contributed by atoms with E-state index in [0.29, 0.717) is 5.75 Å². The first kappa shape index (κ1) is 24.1. The number of halogens is 1. The molecular weight excluding hydrogens is 464 g/mol. The monoisotopic (exact) mass is 494 g/mol. The van der Waals surface area contributed by atoms with E-state index < -0.39 is 0 Å². The second-order valence-electron chi connectivity index (χ2n) is 7.97. The minimum atomic E-state index is -0.313. The molecule has 0 heterocycles. The summed E-state index contributed by atoms with van der Waals surface area (Å²) in [5.74, 6) is 1.15. The van der Waals surface area contributed by atoms with E-state index in [1.54, 1.807) is 12.1 Å². The van der Waals surface area contributed by atoms with Gasteiger partial charge in [0.2, 0.25) is 0 Å². The van der Waals surface area contributed by atoms with Crippen LogP contribution in [0.15, 0.2) is 59.1 Å². The molecule has 0 atom stereocenters. The Morgan fingerprint density at radius 1 is 0.875 bits per heavy atom. The van der Waals surface area contributed by atoms with Crippen molar-refractivity contribution < 1.29 is 14.3 Å². The average Bonchev–Trinajstić information content (AvgIpc) is 2.79. The molecule has 0 saturated carbocycles. The molecule has 0 aliphatic rings. The smallest absolute Gasteiger partial charge is 0.308 e. The molecule has 3 rings (SSSR count). The third kappa shape index (κ3) is 7.23. The summed E-state index contributed by atoms with van der Waals surface area (Å²) in [4.78, 5) is 11.0. The summed E-state index contributed by atoms with van der Waals surface area (Å²) >= 11 is 3.73. The Morgan fingerprint density at radius 2 is 1.56 bits per heavy atom. The van der Waals surface area contributed by atoms with E-state index in [-0.39, 0.29) is 5.97 Å². The lowest BCUT2D eigenvalue weighted by Gasteiger charge is -2.11. The van der Waals surface area contributed by atoms with Gasteiger partial charge in [-0.2, -0.15) is 0 Å². The maximum Gasteiger partial charge on any atom is 0.308 e. The van der Waals surface area contributed by atoms with Crippen LogP contribution in [-0.4, -0.2) is 12.6 Å². The van der Waals surface area contributed by atoms with Crippen LogP contribution in [0.1, 0.15) is 63.5 Å². The number of carbonyl (C=O) groups is 1. The first-order valence-corrected chi connectivity index (χ1v) is 12.2. The highest BCUT2D eigenvalue weighted by molar-refractivity contribution is 9.10. The van der Waals surface area contributed by atoms with E-state index in [2.05, 4.69) is 53.2 Å². The molecule has 0 aliphatic carbocycles. The summed E-state index contributed by atoms with van der Waals surface area (Å²) < 4.78 is 12.1. The molecule has 3 nitrogen and oxygen atoms in total. The van der Waals surface area contributed by atoms with Crippen LogP contribution in [-0.2, 0) is 4.79 Å². The molecule has 4 heteroatoms. The Bertz CT molecular complexity index is 1050.